The monoisotopic (exact) mass is 795 g/mol. The van der Waals surface area contributed by atoms with Crippen molar-refractivity contribution in [3.05, 3.63) is 71.3 Å². The number of hydrogen-bond donors (Lipinski definition) is 7. The topological polar surface area (TPSA) is 215 Å². The highest BCUT2D eigenvalue weighted by molar-refractivity contribution is 5.98. The molecule has 2 heterocycles. The second-order valence-electron chi connectivity index (χ2n) is 15.6. The number of aliphatic hydroxyl groups excluding tert-OH is 1. The van der Waals surface area contributed by atoms with Gasteiger partial charge < -0.3 is 41.9 Å². The smallest absolute Gasteiger partial charge is 0.254 e. The SMILES string of the molecule is CC(C)C[C@@H]1NC(=O)[C@@H]2CCC[C@H]2NC(=O)[C@H](C)NC(=O)C2C[C@@H](NC(=O)c3ccc(F)cc3F)CN2C(=O)[C@H](Cc2ccccc2)NC(=O)[C@H]([C@@H](C)O)NC1=O. The molecule has 3 aliphatic rings. The van der Waals surface area contributed by atoms with Crippen LogP contribution in [0.1, 0.15) is 75.7 Å². The molecule has 9 atom stereocenters. The van der Waals surface area contributed by atoms with Crippen molar-refractivity contribution in [3.63, 3.8) is 0 Å². The molecule has 1 unspecified atom stereocenters. The van der Waals surface area contributed by atoms with Crippen LogP contribution in [0.15, 0.2) is 48.5 Å². The Morgan fingerprint density at radius 1 is 0.842 bits per heavy atom. The fraction of sp³-hybridized carbons (Fsp3) is 0.525. The standard InChI is InChI=1S/C40H51F2N7O8/c1-20(2)15-30-37(54)48-33(22(4)50)39(56)47-31(16-23-9-6-5-7-10-23)40(57)49-19-25(44-35(52)26-14-13-24(41)17-28(26)42)18-32(49)38(55)43-21(3)34(51)45-29-12-8-11-27(29)36(53)46-30/h5-7,9-10,13-14,17,20-22,25,27,29-33,50H,8,11-12,15-16,18-19H2,1-4H3,(H,43,55)(H,44,52)(H,45,51)(H,46,53)(H,47,56)(H,48,54)/t21-,22+,25+,27+,29+,30-,31-,32?,33-/m0/s1. The Labute approximate surface area is 329 Å². The van der Waals surface area contributed by atoms with Crippen LogP contribution in [0.3, 0.4) is 0 Å². The minimum atomic E-state index is -1.58. The van der Waals surface area contributed by atoms with Crippen molar-refractivity contribution >= 4 is 41.4 Å². The van der Waals surface area contributed by atoms with Crippen LogP contribution in [0.5, 0.6) is 0 Å². The van der Waals surface area contributed by atoms with Crippen LogP contribution in [-0.2, 0) is 35.2 Å². The second-order valence-corrected chi connectivity index (χ2v) is 15.6. The zero-order valence-corrected chi connectivity index (χ0v) is 32.4. The van der Waals surface area contributed by atoms with Gasteiger partial charge in [-0.05, 0) is 63.1 Å². The van der Waals surface area contributed by atoms with Gasteiger partial charge in [0.1, 0.15) is 41.8 Å². The molecule has 15 nitrogen and oxygen atoms in total. The number of carbonyl (C=O) groups excluding carboxylic acids is 7. The van der Waals surface area contributed by atoms with E-state index in [4.69, 9.17) is 0 Å². The first-order valence-electron chi connectivity index (χ1n) is 19.3. The van der Waals surface area contributed by atoms with Crippen LogP contribution in [-0.4, -0.2) is 106 Å². The maximum absolute atomic E-state index is 14.6. The van der Waals surface area contributed by atoms with Crippen molar-refractivity contribution in [3.8, 4) is 0 Å². The predicted octanol–water partition coefficient (Wildman–Crippen LogP) is 0.591. The molecule has 5 rings (SSSR count). The third-order valence-corrected chi connectivity index (χ3v) is 10.6. The first kappa shape index (κ1) is 42.7. The Morgan fingerprint density at radius 3 is 2.21 bits per heavy atom. The van der Waals surface area contributed by atoms with E-state index in [1.807, 2.05) is 13.8 Å². The van der Waals surface area contributed by atoms with Gasteiger partial charge in [0.2, 0.25) is 35.4 Å². The fourth-order valence-electron chi connectivity index (χ4n) is 7.65. The highest BCUT2D eigenvalue weighted by atomic mass is 19.1. The molecule has 2 aromatic rings. The van der Waals surface area contributed by atoms with E-state index in [2.05, 4.69) is 31.9 Å². The molecule has 0 bridgehead atoms. The molecule has 57 heavy (non-hydrogen) atoms. The van der Waals surface area contributed by atoms with Crippen molar-refractivity contribution in [1.82, 2.24) is 36.8 Å². The highest BCUT2D eigenvalue weighted by Gasteiger charge is 2.45. The maximum atomic E-state index is 14.6. The largest absolute Gasteiger partial charge is 0.391 e. The minimum absolute atomic E-state index is 0.0744. The summed E-state index contributed by atoms with van der Waals surface area (Å²) in [6.45, 7) is 6.15. The van der Waals surface area contributed by atoms with Crippen LogP contribution in [0.4, 0.5) is 8.78 Å². The average Bonchev–Trinajstić information content (AvgIpc) is 3.79. The van der Waals surface area contributed by atoms with Gasteiger partial charge in [-0.25, -0.2) is 8.78 Å². The molecule has 1 saturated carbocycles. The Balaban J connectivity index is 1.52. The van der Waals surface area contributed by atoms with Crippen molar-refractivity contribution in [2.24, 2.45) is 11.8 Å². The number of rotatable bonds is 7. The van der Waals surface area contributed by atoms with Crippen molar-refractivity contribution in [2.75, 3.05) is 6.54 Å². The van der Waals surface area contributed by atoms with Crippen LogP contribution >= 0.6 is 0 Å². The van der Waals surface area contributed by atoms with Crippen LogP contribution in [0.2, 0.25) is 0 Å². The van der Waals surface area contributed by atoms with E-state index in [9.17, 15) is 47.4 Å². The van der Waals surface area contributed by atoms with Gasteiger partial charge >= 0.3 is 0 Å². The Bertz CT molecular complexity index is 1850. The summed E-state index contributed by atoms with van der Waals surface area (Å²) in [7, 11) is 0. The number of aliphatic hydroxyl groups is 1. The summed E-state index contributed by atoms with van der Waals surface area (Å²) in [6, 6.07) is 2.99. The summed E-state index contributed by atoms with van der Waals surface area (Å²) in [5, 5.41) is 26.9. The minimum Gasteiger partial charge on any atom is -0.391 e. The predicted molar refractivity (Wildman–Crippen MR) is 202 cm³/mol. The van der Waals surface area contributed by atoms with Crippen molar-refractivity contribution in [2.45, 2.75) is 115 Å². The van der Waals surface area contributed by atoms with Crippen LogP contribution in [0, 0.1) is 23.5 Å². The van der Waals surface area contributed by atoms with E-state index in [1.54, 1.807) is 30.3 Å². The van der Waals surface area contributed by atoms with E-state index in [-0.39, 0.29) is 31.7 Å². The first-order valence-corrected chi connectivity index (χ1v) is 19.3. The van der Waals surface area contributed by atoms with Crippen LogP contribution in [0.25, 0.3) is 0 Å². The van der Waals surface area contributed by atoms with Gasteiger partial charge in [-0.15, -0.1) is 0 Å². The first-order chi connectivity index (χ1) is 27.0. The Kier molecular flexibility index (Phi) is 14.0. The van der Waals surface area contributed by atoms with Gasteiger partial charge in [-0.2, -0.15) is 0 Å². The average molecular weight is 796 g/mol. The van der Waals surface area contributed by atoms with Crippen LogP contribution < -0.4 is 31.9 Å². The number of benzene rings is 2. The van der Waals surface area contributed by atoms with E-state index in [0.29, 0.717) is 30.9 Å². The van der Waals surface area contributed by atoms with Crippen molar-refractivity contribution < 1.29 is 47.4 Å². The number of hydrogen-bond acceptors (Lipinski definition) is 8. The molecule has 0 radical (unpaired) electrons. The van der Waals surface area contributed by atoms with Gasteiger partial charge in [-0.1, -0.05) is 50.6 Å². The number of carbonyl (C=O) groups is 7. The third kappa shape index (κ3) is 10.7. The zero-order valence-electron chi connectivity index (χ0n) is 32.4. The lowest BCUT2D eigenvalue weighted by molar-refractivity contribution is -0.143. The molecule has 17 heteroatoms. The molecule has 1 aliphatic carbocycles. The molecule has 308 valence electrons. The molecule has 3 fully saturated rings. The number of fused-ring (bicyclic) bond motifs is 2. The molecule has 7 N–H and O–H groups in total. The van der Waals surface area contributed by atoms with Gasteiger partial charge in [0, 0.05) is 31.1 Å². The van der Waals surface area contributed by atoms with Gasteiger partial charge in [0.05, 0.1) is 17.6 Å². The number of halogens is 2. The number of amides is 7. The summed E-state index contributed by atoms with van der Waals surface area (Å²) in [5.41, 5.74) is 0.148. The summed E-state index contributed by atoms with van der Waals surface area (Å²) in [5.74, 6) is -7.95. The lowest BCUT2D eigenvalue weighted by Gasteiger charge is -2.31. The molecule has 2 saturated heterocycles. The normalized spacial score (nSPS) is 28.4. The van der Waals surface area contributed by atoms with E-state index >= 15 is 0 Å². The molecule has 2 aliphatic heterocycles. The summed E-state index contributed by atoms with van der Waals surface area (Å²) in [4.78, 5) is 97.8. The molecular formula is C40H51F2N7O8. The second kappa shape index (κ2) is 18.7. The van der Waals surface area contributed by atoms with Crippen molar-refractivity contribution in [1.29, 1.82) is 0 Å². The Hall–Kier alpha value is -5.45. The summed E-state index contributed by atoms with van der Waals surface area (Å²) < 4.78 is 28.2. The van der Waals surface area contributed by atoms with Gasteiger partial charge in [0.15, 0.2) is 0 Å². The zero-order chi connectivity index (χ0) is 41.6. The molecule has 2 aromatic carbocycles. The van der Waals surface area contributed by atoms with Gasteiger partial charge in [0.25, 0.3) is 5.91 Å². The third-order valence-electron chi connectivity index (χ3n) is 10.6. The number of nitrogens with zero attached hydrogens (tertiary/aromatic N) is 1. The highest BCUT2D eigenvalue weighted by Crippen LogP contribution is 2.27. The molecule has 0 spiro atoms. The van der Waals surface area contributed by atoms with E-state index < -0.39 is 113 Å². The Morgan fingerprint density at radius 2 is 1.54 bits per heavy atom. The van der Waals surface area contributed by atoms with E-state index in [0.717, 1.165) is 17.0 Å². The summed E-state index contributed by atoms with van der Waals surface area (Å²) >= 11 is 0. The van der Waals surface area contributed by atoms with Gasteiger partial charge in [-0.3, -0.25) is 33.6 Å². The quantitative estimate of drug-likeness (QED) is 0.210. The molecule has 7 amide bonds. The maximum Gasteiger partial charge on any atom is 0.254 e. The lowest BCUT2D eigenvalue weighted by atomic mass is 9.98. The summed E-state index contributed by atoms with van der Waals surface area (Å²) in [6.07, 6.45) is -0.0622. The molecular weight excluding hydrogens is 744 g/mol. The number of nitrogens with one attached hydrogen (secondary N) is 6. The van der Waals surface area contributed by atoms with E-state index in [1.165, 1.54) is 13.8 Å². The lowest BCUT2D eigenvalue weighted by Crippen LogP contribution is -2.61. The molecule has 0 aromatic heterocycles. The fourth-order valence-corrected chi connectivity index (χ4v) is 7.65.